The van der Waals surface area contributed by atoms with E-state index >= 15 is 0 Å². The minimum atomic E-state index is -0.221. The van der Waals surface area contributed by atoms with Crippen LogP contribution in [0.1, 0.15) is 47.2 Å². The number of nitrogens with one attached hydrogen (secondary N) is 2. The van der Waals surface area contributed by atoms with Gasteiger partial charge in [0.2, 0.25) is 0 Å². The van der Waals surface area contributed by atoms with E-state index in [1.54, 1.807) is 13.0 Å². The summed E-state index contributed by atoms with van der Waals surface area (Å²) < 4.78 is 0. The number of hydrogen-bond acceptors (Lipinski definition) is 4. The molecule has 1 aromatic carbocycles. The lowest BCUT2D eigenvalue weighted by molar-refractivity contribution is 0.102. The molecule has 2 rings (SSSR count). The van der Waals surface area contributed by atoms with Crippen molar-refractivity contribution < 1.29 is 4.79 Å². The Morgan fingerprint density at radius 3 is 2.61 bits per heavy atom. The molecule has 5 heteroatoms. The first-order valence-electron chi connectivity index (χ1n) is 7.97. The molecule has 0 spiro atoms. The average Bonchev–Trinajstić information content (AvgIpc) is 2.50. The summed E-state index contributed by atoms with van der Waals surface area (Å²) in [6.07, 6.45) is 2.17. The van der Waals surface area contributed by atoms with Crippen molar-refractivity contribution in [3.63, 3.8) is 0 Å². The molecule has 122 valence electrons. The number of unbranched alkanes of at least 4 members (excludes halogenated alkanes) is 1. The van der Waals surface area contributed by atoms with Crippen molar-refractivity contribution in [1.29, 1.82) is 0 Å². The lowest BCUT2D eigenvalue weighted by Gasteiger charge is -2.11. The van der Waals surface area contributed by atoms with Crippen LogP contribution in [0, 0.1) is 20.8 Å². The zero-order valence-corrected chi connectivity index (χ0v) is 14.2. The summed E-state index contributed by atoms with van der Waals surface area (Å²) in [7, 11) is 0. The number of benzene rings is 1. The first-order valence-corrected chi connectivity index (χ1v) is 7.97. The first-order chi connectivity index (χ1) is 11.0. The number of carbonyl (C=O) groups is 1. The number of anilines is 2. The molecule has 0 fully saturated rings. The van der Waals surface area contributed by atoms with Gasteiger partial charge >= 0.3 is 0 Å². The average molecular weight is 312 g/mol. The fraction of sp³-hybridized carbons (Fsp3) is 0.389. The summed E-state index contributed by atoms with van der Waals surface area (Å²) in [5.74, 6) is 1.05. The van der Waals surface area contributed by atoms with Gasteiger partial charge in [0.05, 0.1) is 0 Å². The Labute approximate surface area is 137 Å². The number of rotatable bonds is 6. The predicted octanol–water partition coefficient (Wildman–Crippen LogP) is 3.87. The Morgan fingerprint density at radius 2 is 1.91 bits per heavy atom. The third-order valence-electron chi connectivity index (χ3n) is 3.54. The van der Waals surface area contributed by atoms with E-state index in [0.717, 1.165) is 30.6 Å². The standard InChI is InChI=1S/C18H24N4O/c1-5-6-9-19-17-11-16(20-14(4)21-17)18(23)22-15-8-7-12(2)10-13(15)3/h7-8,10-11H,5-6,9H2,1-4H3,(H,22,23)(H,19,20,21). The van der Waals surface area contributed by atoms with Gasteiger partial charge in [0.25, 0.3) is 5.91 Å². The topological polar surface area (TPSA) is 66.9 Å². The summed E-state index contributed by atoms with van der Waals surface area (Å²) in [6, 6.07) is 7.63. The molecule has 0 saturated carbocycles. The highest BCUT2D eigenvalue weighted by molar-refractivity contribution is 6.03. The van der Waals surface area contributed by atoms with E-state index in [1.165, 1.54) is 5.56 Å². The second-order valence-corrected chi connectivity index (χ2v) is 5.74. The molecule has 0 unspecified atom stereocenters. The number of carbonyl (C=O) groups excluding carboxylic acids is 1. The van der Waals surface area contributed by atoms with Gasteiger partial charge in [-0.15, -0.1) is 0 Å². The molecule has 2 N–H and O–H groups in total. The Balaban J connectivity index is 2.15. The Hall–Kier alpha value is -2.43. The number of aryl methyl sites for hydroxylation is 3. The second kappa shape index (κ2) is 7.72. The molecular formula is C18H24N4O. The highest BCUT2D eigenvalue weighted by Crippen LogP contribution is 2.17. The molecule has 0 radical (unpaired) electrons. The van der Waals surface area contributed by atoms with Crippen molar-refractivity contribution in [2.45, 2.75) is 40.5 Å². The minimum Gasteiger partial charge on any atom is -0.370 e. The van der Waals surface area contributed by atoms with Gasteiger partial charge < -0.3 is 10.6 Å². The van der Waals surface area contributed by atoms with E-state index in [1.807, 2.05) is 32.0 Å². The molecule has 2 aromatic rings. The number of nitrogens with zero attached hydrogens (tertiary/aromatic N) is 2. The summed E-state index contributed by atoms with van der Waals surface area (Å²) in [5.41, 5.74) is 3.38. The van der Waals surface area contributed by atoms with Gasteiger partial charge in [-0.1, -0.05) is 31.0 Å². The van der Waals surface area contributed by atoms with Crippen LogP contribution in [0.3, 0.4) is 0 Å². The smallest absolute Gasteiger partial charge is 0.274 e. The SMILES string of the molecule is CCCCNc1cc(C(=O)Nc2ccc(C)cc2C)nc(C)n1. The van der Waals surface area contributed by atoms with Crippen LogP contribution < -0.4 is 10.6 Å². The highest BCUT2D eigenvalue weighted by Gasteiger charge is 2.12. The summed E-state index contributed by atoms with van der Waals surface area (Å²) in [6.45, 7) is 8.77. The van der Waals surface area contributed by atoms with Crippen LogP contribution in [-0.2, 0) is 0 Å². The first kappa shape index (κ1) is 16.9. The van der Waals surface area contributed by atoms with Crippen molar-refractivity contribution in [3.05, 3.63) is 46.9 Å². The van der Waals surface area contributed by atoms with E-state index < -0.39 is 0 Å². The van der Waals surface area contributed by atoms with Crippen molar-refractivity contribution >= 4 is 17.4 Å². The van der Waals surface area contributed by atoms with Crippen molar-refractivity contribution in [2.24, 2.45) is 0 Å². The van der Waals surface area contributed by atoms with Crippen LogP contribution in [0.15, 0.2) is 24.3 Å². The van der Waals surface area contributed by atoms with Crippen molar-refractivity contribution in [1.82, 2.24) is 9.97 Å². The molecule has 23 heavy (non-hydrogen) atoms. The van der Waals surface area contributed by atoms with E-state index in [9.17, 15) is 4.79 Å². The summed E-state index contributed by atoms with van der Waals surface area (Å²) in [4.78, 5) is 21.0. The molecule has 1 aromatic heterocycles. The number of aromatic nitrogens is 2. The third-order valence-corrected chi connectivity index (χ3v) is 3.54. The summed E-state index contributed by atoms with van der Waals surface area (Å²) in [5, 5.41) is 6.15. The van der Waals surface area contributed by atoms with E-state index in [0.29, 0.717) is 17.3 Å². The molecule has 0 atom stereocenters. The van der Waals surface area contributed by atoms with Crippen LogP contribution in [0.4, 0.5) is 11.5 Å². The maximum Gasteiger partial charge on any atom is 0.274 e. The fourth-order valence-corrected chi connectivity index (χ4v) is 2.31. The fourth-order valence-electron chi connectivity index (χ4n) is 2.31. The third kappa shape index (κ3) is 4.77. The summed E-state index contributed by atoms with van der Waals surface area (Å²) >= 11 is 0. The van der Waals surface area contributed by atoms with Crippen LogP contribution in [-0.4, -0.2) is 22.4 Å². The minimum absolute atomic E-state index is 0.221. The van der Waals surface area contributed by atoms with Crippen LogP contribution >= 0.6 is 0 Å². The van der Waals surface area contributed by atoms with Gasteiger partial charge in [-0.3, -0.25) is 4.79 Å². The van der Waals surface area contributed by atoms with Gasteiger partial charge in [0.15, 0.2) is 0 Å². The van der Waals surface area contributed by atoms with Gasteiger partial charge in [0.1, 0.15) is 17.3 Å². The zero-order chi connectivity index (χ0) is 16.8. The van der Waals surface area contributed by atoms with E-state index in [-0.39, 0.29) is 5.91 Å². The molecular weight excluding hydrogens is 288 g/mol. The number of hydrogen-bond donors (Lipinski definition) is 2. The maximum atomic E-state index is 12.5. The Bertz CT molecular complexity index is 697. The molecule has 1 amide bonds. The monoisotopic (exact) mass is 312 g/mol. The molecule has 0 aliphatic carbocycles. The molecule has 0 bridgehead atoms. The predicted molar refractivity (Wildman–Crippen MR) is 94.0 cm³/mol. The van der Waals surface area contributed by atoms with E-state index in [2.05, 4.69) is 27.5 Å². The number of amides is 1. The highest BCUT2D eigenvalue weighted by atomic mass is 16.1. The van der Waals surface area contributed by atoms with Gasteiger partial charge in [0, 0.05) is 18.3 Å². The Morgan fingerprint density at radius 1 is 1.13 bits per heavy atom. The van der Waals surface area contributed by atoms with Crippen LogP contribution in [0.2, 0.25) is 0 Å². The van der Waals surface area contributed by atoms with Crippen LogP contribution in [0.5, 0.6) is 0 Å². The van der Waals surface area contributed by atoms with Crippen LogP contribution in [0.25, 0.3) is 0 Å². The van der Waals surface area contributed by atoms with E-state index in [4.69, 9.17) is 0 Å². The molecule has 0 aliphatic rings. The zero-order valence-electron chi connectivity index (χ0n) is 14.2. The van der Waals surface area contributed by atoms with Gasteiger partial charge in [-0.25, -0.2) is 9.97 Å². The molecule has 5 nitrogen and oxygen atoms in total. The molecule has 0 aliphatic heterocycles. The second-order valence-electron chi connectivity index (χ2n) is 5.74. The lowest BCUT2D eigenvalue weighted by Crippen LogP contribution is -2.16. The van der Waals surface area contributed by atoms with Crippen molar-refractivity contribution in [3.8, 4) is 0 Å². The normalized spacial score (nSPS) is 10.4. The van der Waals surface area contributed by atoms with Gasteiger partial charge in [-0.2, -0.15) is 0 Å². The van der Waals surface area contributed by atoms with Gasteiger partial charge in [-0.05, 0) is 38.8 Å². The van der Waals surface area contributed by atoms with Crippen molar-refractivity contribution in [2.75, 3.05) is 17.2 Å². The quantitative estimate of drug-likeness (QED) is 0.795. The largest absolute Gasteiger partial charge is 0.370 e. The maximum absolute atomic E-state index is 12.5. The molecule has 0 saturated heterocycles. The molecule has 1 heterocycles. The Kier molecular flexibility index (Phi) is 5.68. The lowest BCUT2D eigenvalue weighted by atomic mass is 10.1.